The molecule has 3 nitrogen and oxygen atoms in total. The van der Waals surface area contributed by atoms with Crippen LogP contribution in [-0.4, -0.2) is 16.9 Å². The fourth-order valence-electron chi connectivity index (χ4n) is 2.68. The van der Waals surface area contributed by atoms with Gasteiger partial charge in [-0.3, -0.25) is 9.59 Å². The van der Waals surface area contributed by atoms with E-state index < -0.39 is 5.97 Å². The molecule has 2 bridgehead atoms. The molecule has 0 aromatic carbocycles. The Morgan fingerprint density at radius 3 is 2.23 bits per heavy atom. The maximum atomic E-state index is 11.6. The summed E-state index contributed by atoms with van der Waals surface area (Å²) in [7, 11) is 0. The minimum atomic E-state index is -0.718. The van der Waals surface area contributed by atoms with Crippen LogP contribution in [0.5, 0.6) is 0 Å². The molecule has 1 unspecified atom stereocenters. The first-order valence-electron chi connectivity index (χ1n) is 4.95. The van der Waals surface area contributed by atoms with Crippen molar-refractivity contribution >= 4 is 11.8 Å². The molecule has 2 aliphatic rings. The number of fused-ring (bicyclic) bond motifs is 2. The van der Waals surface area contributed by atoms with Crippen LogP contribution in [0.3, 0.4) is 0 Å². The number of carbonyl (C=O) groups excluding carboxylic acids is 1. The molecule has 0 spiro atoms. The molecular weight excluding hydrogens is 168 g/mol. The van der Waals surface area contributed by atoms with E-state index in [-0.39, 0.29) is 17.8 Å². The number of Topliss-reactive ketones (excluding diaryl/α,β-unsaturated/α-hetero) is 1. The summed E-state index contributed by atoms with van der Waals surface area (Å²) >= 11 is 0. The van der Waals surface area contributed by atoms with Gasteiger partial charge in [-0.15, -0.1) is 0 Å². The Kier molecular flexibility index (Phi) is 2.10. The van der Waals surface area contributed by atoms with E-state index in [4.69, 9.17) is 5.11 Å². The molecule has 2 aliphatic carbocycles. The molecule has 3 atom stereocenters. The number of hydrogen-bond acceptors (Lipinski definition) is 2. The third-order valence-electron chi connectivity index (χ3n) is 3.40. The van der Waals surface area contributed by atoms with Gasteiger partial charge in [0.15, 0.2) is 0 Å². The molecule has 0 aromatic rings. The second-order valence-corrected chi connectivity index (χ2v) is 4.23. The topological polar surface area (TPSA) is 54.4 Å². The molecule has 0 aliphatic heterocycles. The molecule has 0 saturated heterocycles. The van der Waals surface area contributed by atoms with Crippen LogP contribution in [0.1, 0.15) is 32.1 Å². The van der Waals surface area contributed by atoms with E-state index in [1.165, 1.54) is 0 Å². The molecule has 2 saturated carbocycles. The van der Waals surface area contributed by atoms with Crippen molar-refractivity contribution in [2.45, 2.75) is 32.1 Å². The number of ketones is 1. The smallest absolute Gasteiger partial charge is 0.306 e. The first-order valence-corrected chi connectivity index (χ1v) is 4.95. The largest absolute Gasteiger partial charge is 0.481 e. The Hall–Kier alpha value is -0.860. The quantitative estimate of drug-likeness (QED) is 0.668. The molecule has 3 heteroatoms. The second kappa shape index (κ2) is 3.13. The minimum absolute atomic E-state index is 0.0635. The van der Waals surface area contributed by atoms with Crippen molar-refractivity contribution in [1.29, 1.82) is 0 Å². The first kappa shape index (κ1) is 8.73. The van der Waals surface area contributed by atoms with Gasteiger partial charge in [-0.2, -0.15) is 0 Å². The van der Waals surface area contributed by atoms with E-state index >= 15 is 0 Å². The standard InChI is InChI=1S/C10H14O3/c11-9-6-2-1-3-7(9)5-8(4-6)10(12)13/h6-8H,1-5H2,(H,12,13)/t6-,7+,8?. The molecule has 0 amide bonds. The van der Waals surface area contributed by atoms with Gasteiger partial charge >= 0.3 is 5.97 Å². The van der Waals surface area contributed by atoms with Crippen LogP contribution in [-0.2, 0) is 9.59 Å². The fraction of sp³-hybridized carbons (Fsp3) is 0.800. The maximum absolute atomic E-state index is 11.6. The number of hydrogen-bond donors (Lipinski definition) is 1. The highest BCUT2D eigenvalue weighted by atomic mass is 16.4. The summed E-state index contributed by atoms with van der Waals surface area (Å²) < 4.78 is 0. The Labute approximate surface area is 77.1 Å². The van der Waals surface area contributed by atoms with Crippen molar-refractivity contribution in [3.8, 4) is 0 Å². The summed E-state index contributed by atoms with van der Waals surface area (Å²) in [5.74, 6) is -0.511. The number of carboxylic acid groups (broad SMARTS) is 1. The van der Waals surface area contributed by atoms with Crippen molar-refractivity contribution in [3.05, 3.63) is 0 Å². The number of rotatable bonds is 1. The Balaban J connectivity index is 2.11. The Bertz CT molecular complexity index is 231. The summed E-state index contributed by atoms with van der Waals surface area (Å²) in [5, 5.41) is 8.87. The van der Waals surface area contributed by atoms with Crippen LogP contribution in [0, 0.1) is 17.8 Å². The third kappa shape index (κ3) is 1.47. The van der Waals surface area contributed by atoms with Gasteiger partial charge in [0.2, 0.25) is 0 Å². The SMILES string of the molecule is O=C(O)C1C[C@H]2CCC[C@@H](C1)C2=O. The molecule has 0 heterocycles. The van der Waals surface area contributed by atoms with Crippen LogP contribution in [0.4, 0.5) is 0 Å². The highest BCUT2D eigenvalue weighted by Crippen LogP contribution is 2.39. The number of aliphatic carboxylic acids is 1. The predicted octanol–water partition coefficient (Wildman–Crippen LogP) is 1.47. The zero-order chi connectivity index (χ0) is 9.42. The molecule has 2 rings (SSSR count). The zero-order valence-electron chi connectivity index (χ0n) is 7.53. The zero-order valence-corrected chi connectivity index (χ0v) is 7.53. The van der Waals surface area contributed by atoms with Gasteiger partial charge < -0.3 is 5.11 Å². The lowest BCUT2D eigenvalue weighted by Gasteiger charge is -2.35. The molecule has 13 heavy (non-hydrogen) atoms. The van der Waals surface area contributed by atoms with Crippen molar-refractivity contribution in [3.63, 3.8) is 0 Å². The van der Waals surface area contributed by atoms with E-state index in [1.807, 2.05) is 0 Å². The summed E-state index contributed by atoms with van der Waals surface area (Å²) in [6.07, 6.45) is 4.11. The molecule has 2 fully saturated rings. The van der Waals surface area contributed by atoms with Gasteiger partial charge in [-0.05, 0) is 25.7 Å². The average molecular weight is 182 g/mol. The third-order valence-corrected chi connectivity index (χ3v) is 3.40. The van der Waals surface area contributed by atoms with E-state index in [1.54, 1.807) is 0 Å². The van der Waals surface area contributed by atoms with Crippen LogP contribution in [0.15, 0.2) is 0 Å². The van der Waals surface area contributed by atoms with Gasteiger partial charge in [0.05, 0.1) is 5.92 Å². The fourth-order valence-corrected chi connectivity index (χ4v) is 2.68. The van der Waals surface area contributed by atoms with Gasteiger partial charge in [0.25, 0.3) is 0 Å². The first-order chi connectivity index (χ1) is 6.18. The van der Waals surface area contributed by atoms with Gasteiger partial charge in [0.1, 0.15) is 5.78 Å². The van der Waals surface area contributed by atoms with Crippen molar-refractivity contribution < 1.29 is 14.7 Å². The Morgan fingerprint density at radius 2 is 1.77 bits per heavy atom. The van der Waals surface area contributed by atoms with Crippen molar-refractivity contribution in [2.75, 3.05) is 0 Å². The minimum Gasteiger partial charge on any atom is -0.481 e. The number of carbonyl (C=O) groups is 2. The lowest BCUT2D eigenvalue weighted by atomic mass is 9.67. The Morgan fingerprint density at radius 1 is 1.23 bits per heavy atom. The van der Waals surface area contributed by atoms with Crippen LogP contribution in [0.2, 0.25) is 0 Å². The van der Waals surface area contributed by atoms with Crippen molar-refractivity contribution in [1.82, 2.24) is 0 Å². The normalized spacial score (nSPS) is 38.8. The summed E-state index contributed by atoms with van der Waals surface area (Å²) in [6.45, 7) is 0. The monoisotopic (exact) mass is 182 g/mol. The highest BCUT2D eigenvalue weighted by Gasteiger charge is 2.41. The van der Waals surface area contributed by atoms with Gasteiger partial charge in [-0.1, -0.05) is 6.42 Å². The summed E-state index contributed by atoms with van der Waals surface area (Å²) in [5.41, 5.74) is 0. The maximum Gasteiger partial charge on any atom is 0.306 e. The van der Waals surface area contributed by atoms with Crippen molar-refractivity contribution in [2.24, 2.45) is 17.8 Å². The number of carboxylic acids is 1. The van der Waals surface area contributed by atoms with E-state index in [2.05, 4.69) is 0 Å². The molecule has 0 radical (unpaired) electrons. The lowest BCUT2D eigenvalue weighted by Crippen LogP contribution is -2.38. The van der Waals surface area contributed by atoms with Gasteiger partial charge in [-0.25, -0.2) is 0 Å². The predicted molar refractivity (Wildman–Crippen MR) is 46.2 cm³/mol. The van der Waals surface area contributed by atoms with Crippen LogP contribution >= 0.6 is 0 Å². The van der Waals surface area contributed by atoms with E-state index in [0.29, 0.717) is 18.6 Å². The molecule has 72 valence electrons. The average Bonchev–Trinajstić information content (AvgIpc) is 2.02. The second-order valence-electron chi connectivity index (χ2n) is 4.23. The summed E-state index contributed by atoms with van der Waals surface area (Å²) in [6, 6.07) is 0. The van der Waals surface area contributed by atoms with E-state index in [0.717, 1.165) is 19.3 Å². The van der Waals surface area contributed by atoms with Crippen LogP contribution in [0.25, 0.3) is 0 Å². The molecule has 1 N–H and O–H groups in total. The van der Waals surface area contributed by atoms with Crippen LogP contribution < -0.4 is 0 Å². The van der Waals surface area contributed by atoms with E-state index in [9.17, 15) is 9.59 Å². The van der Waals surface area contributed by atoms with Gasteiger partial charge in [0, 0.05) is 11.8 Å². The molecule has 0 aromatic heterocycles. The summed E-state index contributed by atoms with van der Waals surface area (Å²) in [4.78, 5) is 22.4. The molecular formula is C10H14O3. The highest BCUT2D eigenvalue weighted by molar-refractivity contribution is 5.86. The lowest BCUT2D eigenvalue weighted by molar-refractivity contribution is -0.147.